The molecule has 1 unspecified atom stereocenters. The van der Waals surface area contributed by atoms with Gasteiger partial charge in [0.05, 0.1) is 7.11 Å². The first-order chi connectivity index (χ1) is 5.16. The average molecular weight is 157 g/mol. The second-order valence-electron chi connectivity index (χ2n) is 3.10. The highest BCUT2D eigenvalue weighted by Crippen LogP contribution is 2.26. The minimum Gasteiger partial charge on any atom is -0.468 e. The number of hydrogen-bond acceptors (Lipinski definition) is 3. The minimum atomic E-state index is -0.139. The van der Waals surface area contributed by atoms with E-state index < -0.39 is 0 Å². The van der Waals surface area contributed by atoms with E-state index >= 15 is 0 Å². The van der Waals surface area contributed by atoms with Crippen molar-refractivity contribution in [2.75, 3.05) is 14.2 Å². The van der Waals surface area contributed by atoms with Crippen LogP contribution in [0.1, 0.15) is 19.8 Å². The highest BCUT2D eigenvalue weighted by molar-refractivity contribution is 5.75. The fourth-order valence-electron chi connectivity index (χ4n) is 1.13. The van der Waals surface area contributed by atoms with Gasteiger partial charge in [-0.3, -0.25) is 9.69 Å². The van der Waals surface area contributed by atoms with E-state index in [0.717, 1.165) is 0 Å². The lowest BCUT2D eigenvalue weighted by Crippen LogP contribution is -2.38. The first-order valence-corrected chi connectivity index (χ1v) is 3.96. The molecule has 0 heterocycles. The molecular weight excluding hydrogens is 142 g/mol. The topological polar surface area (TPSA) is 29.5 Å². The number of esters is 1. The first kappa shape index (κ1) is 8.53. The normalized spacial score (nSPS) is 20.0. The Morgan fingerprint density at radius 3 is 2.55 bits per heavy atom. The van der Waals surface area contributed by atoms with Gasteiger partial charge in [0.25, 0.3) is 0 Å². The van der Waals surface area contributed by atoms with Crippen molar-refractivity contribution in [3.63, 3.8) is 0 Å². The van der Waals surface area contributed by atoms with Gasteiger partial charge in [0.15, 0.2) is 0 Å². The molecule has 0 aromatic heterocycles. The van der Waals surface area contributed by atoms with Crippen LogP contribution in [0.5, 0.6) is 0 Å². The lowest BCUT2D eigenvalue weighted by Gasteiger charge is -2.21. The Bertz CT molecular complexity index is 154. The summed E-state index contributed by atoms with van der Waals surface area (Å²) in [5, 5.41) is 0. The number of likely N-dealkylation sites (N-methyl/N-ethyl adjacent to an activating group) is 1. The fraction of sp³-hybridized carbons (Fsp3) is 0.875. The molecule has 0 N–H and O–H groups in total. The van der Waals surface area contributed by atoms with E-state index in [0.29, 0.717) is 6.04 Å². The number of rotatable bonds is 3. The van der Waals surface area contributed by atoms with Gasteiger partial charge in [0.2, 0.25) is 0 Å². The molecule has 1 aliphatic rings. The van der Waals surface area contributed by atoms with E-state index in [-0.39, 0.29) is 12.0 Å². The molecule has 1 aliphatic carbocycles. The van der Waals surface area contributed by atoms with Gasteiger partial charge in [-0.05, 0) is 26.8 Å². The number of methoxy groups -OCH3 is 1. The van der Waals surface area contributed by atoms with Crippen LogP contribution in [0, 0.1) is 0 Å². The molecule has 0 aromatic rings. The van der Waals surface area contributed by atoms with Crippen molar-refractivity contribution in [2.24, 2.45) is 0 Å². The standard InChI is InChI=1S/C8H15NO2/c1-6(8(10)11-3)9(2)7-4-5-7/h6-7H,4-5H2,1-3H3. The van der Waals surface area contributed by atoms with Crippen molar-refractivity contribution in [3.8, 4) is 0 Å². The summed E-state index contributed by atoms with van der Waals surface area (Å²) >= 11 is 0. The molecule has 1 rings (SSSR count). The average Bonchev–Trinajstić information content (AvgIpc) is 2.82. The van der Waals surface area contributed by atoms with Gasteiger partial charge in [-0.25, -0.2) is 0 Å². The number of hydrogen-bond donors (Lipinski definition) is 0. The van der Waals surface area contributed by atoms with Gasteiger partial charge >= 0.3 is 5.97 Å². The number of carbonyl (C=O) groups is 1. The Hall–Kier alpha value is -0.570. The number of nitrogens with zero attached hydrogens (tertiary/aromatic N) is 1. The van der Waals surface area contributed by atoms with E-state index in [1.54, 1.807) is 0 Å². The molecule has 1 saturated carbocycles. The molecule has 0 aliphatic heterocycles. The van der Waals surface area contributed by atoms with Gasteiger partial charge in [-0.15, -0.1) is 0 Å². The van der Waals surface area contributed by atoms with Crippen LogP contribution in [-0.4, -0.2) is 37.1 Å². The second kappa shape index (κ2) is 3.22. The Kier molecular flexibility index (Phi) is 2.49. The Morgan fingerprint density at radius 1 is 1.64 bits per heavy atom. The zero-order chi connectivity index (χ0) is 8.43. The molecule has 1 atom stereocenters. The predicted molar refractivity (Wildman–Crippen MR) is 42.3 cm³/mol. The largest absolute Gasteiger partial charge is 0.468 e. The summed E-state index contributed by atoms with van der Waals surface area (Å²) in [6, 6.07) is 0.525. The molecule has 11 heavy (non-hydrogen) atoms. The Morgan fingerprint density at radius 2 is 2.18 bits per heavy atom. The fourth-order valence-corrected chi connectivity index (χ4v) is 1.13. The Balaban J connectivity index is 2.38. The molecule has 0 spiro atoms. The van der Waals surface area contributed by atoms with Gasteiger partial charge in [0.1, 0.15) is 6.04 Å². The molecule has 0 radical (unpaired) electrons. The van der Waals surface area contributed by atoms with E-state index in [9.17, 15) is 4.79 Å². The van der Waals surface area contributed by atoms with Crippen LogP contribution in [0.4, 0.5) is 0 Å². The monoisotopic (exact) mass is 157 g/mol. The summed E-state index contributed by atoms with van der Waals surface area (Å²) in [6.45, 7) is 1.88. The SMILES string of the molecule is COC(=O)C(C)N(C)C1CC1. The lowest BCUT2D eigenvalue weighted by molar-refractivity contribution is -0.146. The molecule has 0 amide bonds. The summed E-state index contributed by atoms with van der Waals surface area (Å²) < 4.78 is 4.63. The van der Waals surface area contributed by atoms with Crippen molar-refractivity contribution >= 4 is 5.97 Å². The molecule has 64 valence electrons. The van der Waals surface area contributed by atoms with Crippen LogP contribution in [0.15, 0.2) is 0 Å². The summed E-state index contributed by atoms with van der Waals surface area (Å²) in [7, 11) is 3.40. The summed E-state index contributed by atoms with van der Waals surface area (Å²) in [5.74, 6) is -0.139. The van der Waals surface area contributed by atoms with Crippen LogP contribution in [0.3, 0.4) is 0 Å². The molecule has 0 saturated heterocycles. The number of carbonyl (C=O) groups excluding carboxylic acids is 1. The van der Waals surface area contributed by atoms with Gasteiger partial charge in [0, 0.05) is 6.04 Å². The highest BCUT2D eigenvalue weighted by Gasteiger charge is 2.32. The zero-order valence-corrected chi connectivity index (χ0v) is 7.33. The van der Waals surface area contributed by atoms with E-state index in [1.807, 2.05) is 14.0 Å². The molecule has 0 bridgehead atoms. The van der Waals surface area contributed by atoms with Crippen LogP contribution < -0.4 is 0 Å². The smallest absolute Gasteiger partial charge is 0.322 e. The molecule has 3 nitrogen and oxygen atoms in total. The van der Waals surface area contributed by atoms with Gasteiger partial charge < -0.3 is 4.74 Å². The van der Waals surface area contributed by atoms with Crippen molar-refractivity contribution in [2.45, 2.75) is 31.8 Å². The third-order valence-corrected chi connectivity index (χ3v) is 2.28. The highest BCUT2D eigenvalue weighted by atomic mass is 16.5. The van der Waals surface area contributed by atoms with Crippen LogP contribution in [0.25, 0.3) is 0 Å². The molecule has 0 aromatic carbocycles. The van der Waals surface area contributed by atoms with E-state index in [2.05, 4.69) is 9.64 Å². The number of ether oxygens (including phenoxy) is 1. The maximum Gasteiger partial charge on any atom is 0.322 e. The predicted octanol–water partition coefficient (Wildman–Crippen LogP) is 0.642. The van der Waals surface area contributed by atoms with Crippen LogP contribution in [0.2, 0.25) is 0 Å². The first-order valence-electron chi connectivity index (χ1n) is 3.96. The second-order valence-corrected chi connectivity index (χ2v) is 3.10. The van der Waals surface area contributed by atoms with Crippen molar-refractivity contribution < 1.29 is 9.53 Å². The van der Waals surface area contributed by atoms with Crippen LogP contribution in [-0.2, 0) is 9.53 Å². The van der Waals surface area contributed by atoms with Gasteiger partial charge in [-0.1, -0.05) is 0 Å². The zero-order valence-electron chi connectivity index (χ0n) is 7.33. The summed E-state index contributed by atoms with van der Waals surface area (Å²) in [5.41, 5.74) is 0. The van der Waals surface area contributed by atoms with Crippen molar-refractivity contribution in [1.82, 2.24) is 4.90 Å². The van der Waals surface area contributed by atoms with Crippen molar-refractivity contribution in [1.29, 1.82) is 0 Å². The summed E-state index contributed by atoms with van der Waals surface area (Å²) in [6.07, 6.45) is 2.44. The summed E-state index contributed by atoms with van der Waals surface area (Å²) in [4.78, 5) is 13.1. The van der Waals surface area contributed by atoms with E-state index in [1.165, 1.54) is 20.0 Å². The van der Waals surface area contributed by atoms with Crippen molar-refractivity contribution in [3.05, 3.63) is 0 Å². The van der Waals surface area contributed by atoms with Gasteiger partial charge in [-0.2, -0.15) is 0 Å². The maximum atomic E-state index is 11.0. The maximum absolute atomic E-state index is 11.0. The quantitative estimate of drug-likeness (QED) is 0.563. The van der Waals surface area contributed by atoms with Crippen LogP contribution >= 0.6 is 0 Å². The molecule has 1 fully saturated rings. The van der Waals surface area contributed by atoms with E-state index in [4.69, 9.17) is 0 Å². The third-order valence-electron chi connectivity index (χ3n) is 2.28. The Labute approximate surface area is 67.3 Å². The molecular formula is C8H15NO2. The lowest BCUT2D eigenvalue weighted by atomic mass is 10.3. The minimum absolute atomic E-state index is 0.0903. The molecule has 3 heteroatoms. The third kappa shape index (κ3) is 1.93.